The van der Waals surface area contributed by atoms with E-state index in [2.05, 4.69) is 9.98 Å². The van der Waals surface area contributed by atoms with Crippen LogP contribution in [0.25, 0.3) is 10.9 Å². The molecular formula is C16H13N3O4. The van der Waals surface area contributed by atoms with E-state index in [-0.39, 0.29) is 23.0 Å². The maximum absolute atomic E-state index is 11.0. The minimum Gasteiger partial charge on any atom is -0.494 e. The highest BCUT2D eigenvalue weighted by Gasteiger charge is 2.20. The third-order valence-corrected chi connectivity index (χ3v) is 3.37. The van der Waals surface area contributed by atoms with Crippen LogP contribution in [0.4, 0.5) is 11.4 Å². The van der Waals surface area contributed by atoms with Crippen LogP contribution in [0.3, 0.4) is 0 Å². The summed E-state index contributed by atoms with van der Waals surface area (Å²) in [6, 6.07) is 13.4. The Labute approximate surface area is 131 Å². The number of methoxy groups -OCH3 is 1. The van der Waals surface area contributed by atoms with Crippen LogP contribution in [0.5, 0.6) is 5.88 Å². The Morgan fingerprint density at radius 3 is 2.65 bits per heavy atom. The third kappa shape index (κ3) is 2.71. The normalized spacial score (nSPS) is 11.6. The first kappa shape index (κ1) is 14.6. The molecule has 0 aliphatic rings. The fraction of sp³-hybridized carbons (Fsp3) is 0.0625. The van der Waals surface area contributed by atoms with Crippen molar-refractivity contribution in [1.29, 1.82) is 0 Å². The minimum absolute atomic E-state index is 0.0760. The molecule has 3 aromatic rings. The lowest BCUT2D eigenvalue weighted by Crippen LogP contribution is -2.02. The number of ether oxygens (including phenoxy) is 1. The van der Waals surface area contributed by atoms with Crippen molar-refractivity contribution < 1.29 is 14.8 Å². The van der Waals surface area contributed by atoms with Crippen molar-refractivity contribution in [3.63, 3.8) is 0 Å². The van der Waals surface area contributed by atoms with Gasteiger partial charge in [-0.05, 0) is 18.2 Å². The number of fused-ring (bicyclic) bond motifs is 1. The third-order valence-electron chi connectivity index (χ3n) is 3.37. The van der Waals surface area contributed by atoms with Gasteiger partial charge in [0.25, 0.3) is 5.69 Å². The molecule has 7 heteroatoms. The van der Waals surface area contributed by atoms with Crippen LogP contribution in [-0.2, 0) is 4.74 Å². The molecule has 0 atom stereocenters. The zero-order chi connectivity index (χ0) is 16.4. The Bertz CT molecular complexity index is 900. The number of nitrogens with zero attached hydrogens (tertiary/aromatic N) is 2. The van der Waals surface area contributed by atoms with Crippen LogP contribution >= 0.6 is 0 Å². The van der Waals surface area contributed by atoms with Crippen LogP contribution in [0.15, 0.2) is 53.5 Å². The van der Waals surface area contributed by atoms with Crippen molar-refractivity contribution in [1.82, 2.24) is 4.98 Å². The standard InChI is InChI=1S/C16H13N3O4/c1-23-16(17-10-5-3-2-4-6-10)14-12-9-11(19(21)22)7-8-13(12)18-15(14)20/h2-9,18,20H,1H3. The van der Waals surface area contributed by atoms with E-state index < -0.39 is 4.92 Å². The van der Waals surface area contributed by atoms with E-state index in [1.165, 1.54) is 25.3 Å². The van der Waals surface area contributed by atoms with Crippen LogP contribution < -0.4 is 0 Å². The van der Waals surface area contributed by atoms with Crippen LogP contribution in [0, 0.1) is 10.1 Å². The highest BCUT2D eigenvalue weighted by atomic mass is 16.6. The number of aromatic nitrogens is 1. The fourth-order valence-electron chi connectivity index (χ4n) is 2.32. The van der Waals surface area contributed by atoms with Crippen molar-refractivity contribution in [2.24, 2.45) is 4.99 Å². The second-order valence-electron chi connectivity index (χ2n) is 4.79. The average Bonchev–Trinajstić information content (AvgIpc) is 2.88. The predicted octanol–water partition coefficient (Wildman–Crippen LogP) is 3.51. The summed E-state index contributed by atoms with van der Waals surface area (Å²) < 4.78 is 5.29. The number of aliphatic imine (C=N–C) groups is 1. The lowest BCUT2D eigenvalue weighted by Gasteiger charge is -2.05. The summed E-state index contributed by atoms with van der Waals surface area (Å²) in [5.74, 6) is 0.0116. The Balaban J connectivity index is 2.20. The molecule has 1 aromatic heterocycles. The number of rotatable bonds is 3. The highest BCUT2D eigenvalue weighted by Crippen LogP contribution is 2.31. The van der Waals surface area contributed by atoms with Gasteiger partial charge in [0.05, 0.1) is 17.7 Å². The fourth-order valence-corrected chi connectivity index (χ4v) is 2.32. The van der Waals surface area contributed by atoms with Gasteiger partial charge in [0.1, 0.15) is 5.56 Å². The van der Waals surface area contributed by atoms with Gasteiger partial charge in [-0.15, -0.1) is 0 Å². The number of para-hydroxylation sites is 1. The van der Waals surface area contributed by atoms with Crippen LogP contribution in [-0.4, -0.2) is 28.0 Å². The smallest absolute Gasteiger partial charge is 0.270 e. The SMILES string of the molecule is COC(=Nc1ccccc1)c1c(O)[nH]c2ccc([N+](=O)[O-])cc12. The molecule has 2 N–H and O–H groups in total. The molecule has 3 rings (SSSR count). The molecule has 7 nitrogen and oxygen atoms in total. The first-order valence-corrected chi connectivity index (χ1v) is 6.77. The molecule has 0 fully saturated rings. The Morgan fingerprint density at radius 1 is 1.26 bits per heavy atom. The van der Waals surface area contributed by atoms with Crippen molar-refractivity contribution in [2.45, 2.75) is 0 Å². The number of non-ortho nitro benzene ring substituents is 1. The van der Waals surface area contributed by atoms with Crippen molar-refractivity contribution in [3.05, 3.63) is 64.2 Å². The van der Waals surface area contributed by atoms with E-state index in [1.54, 1.807) is 12.1 Å². The van der Waals surface area contributed by atoms with Gasteiger partial charge in [-0.25, -0.2) is 4.99 Å². The quantitative estimate of drug-likeness (QED) is 0.334. The number of benzene rings is 2. The van der Waals surface area contributed by atoms with Gasteiger partial charge in [-0.3, -0.25) is 10.1 Å². The molecule has 0 aliphatic carbocycles. The van der Waals surface area contributed by atoms with Crippen molar-refractivity contribution >= 4 is 28.2 Å². The molecule has 2 aromatic carbocycles. The highest BCUT2D eigenvalue weighted by molar-refractivity contribution is 6.10. The number of H-pyrrole nitrogens is 1. The molecule has 0 unspecified atom stereocenters. The summed E-state index contributed by atoms with van der Waals surface area (Å²) in [4.78, 5) is 17.6. The number of hydrogen-bond donors (Lipinski definition) is 2. The second-order valence-corrected chi connectivity index (χ2v) is 4.79. The lowest BCUT2D eigenvalue weighted by atomic mass is 10.1. The molecule has 0 saturated heterocycles. The molecule has 1 heterocycles. The van der Waals surface area contributed by atoms with Gasteiger partial charge < -0.3 is 14.8 Å². The Hall–Kier alpha value is -3.35. The van der Waals surface area contributed by atoms with Gasteiger partial charge in [-0.2, -0.15) is 0 Å². The number of nitrogens with one attached hydrogen (secondary N) is 1. The zero-order valence-corrected chi connectivity index (χ0v) is 12.2. The molecule has 116 valence electrons. The number of nitro groups is 1. The summed E-state index contributed by atoms with van der Waals surface area (Å²) in [6.45, 7) is 0. The van der Waals surface area contributed by atoms with E-state index in [9.17, 15) is 15.2 Å². The van der Waals surface area contributed by atoms with Gasteiger partial charge in [-0.1, -0.05) is 18.2 Å². The largest absolute Gasteiger partial charge is 0.494 e. The van der Waals surface area contributed by atoms with Gasteiger partial charge >= 0.3 is 0 Å². The topological polar surface area (TPSA) is 101 Å². The van der Waals surface area contributed by atoms with Gasteiger partial charge in [0.2, 0.25) is 11.8 Å². The number of nitro benzene ring substituents is 1. The van der Waals surface area contributed by atoms with Gasteiger partial charge in [0, 0.05) is 23.0 Å². The lowest BCUT2D eigenvalue weighted by molar-refractivity contribution is -0.384. The van der Waals surface area contributed by atoms with E-state index in [0.717, 1.165) is 0 Å². The number of aromatic hydroxyl groups is 1. The van der Waals surface area contributed by atoms with Crippen molar-refractivity contribution in [3.8, 4) is 5.88 Å². The summed E-state index contributed by atoms with van der Waals surface area (Å²) in [5.41, 5.74) is 1.41. The maximum atomic E-state index is 11.0. The van der Waals surface area contributed by atoms with E-state index >= 15 is 0 Å². The number of hydrogen-bond acceptors (Lipinski definition) is 5. The molecule has 0 amide bonds. The first-order valence-electron chi connectivity index (χ1n) is 6.77. The first-order chi connectivity index (χ1) is 11.1. The number of aromatic amines is 1. The summed E-state index contributed by atoms with van der Waals surface area (Å²) in [6.07, 6.45) is 0. The van der Waals surface area contributed by atoms with Crippen molar-refractivity contribution in [2.75, 3.05) is 7.11 Å². The Morgan fingerprint density at radius 2 is 2.00 bits per heavy atom. The molecule has 0 aliphatic heterocycles. The molecule has 0 radical (unpaired) electrons. The minimum atomic E-state index is -0.492. The summed E-state index contributed by atoms with van der Waals surface area (Å²) >= 11 is 0. The molecule has 0 spiro atoms. The van der Waals surface area contributed by atoms with E-state index in [1.807, 2.05) is 18.2 Å². The van der Waals surface area contributed by atoms with E-state index in [4.69, 9.17) is 4.74 Å². The molecular weight excluding hydrogens is 298 g/mol. The average molecular weight is 311 g/mol. The molecule has 0 saturated carbocycles. The monoisotopic (exact) mass is 311 g/mol. The second kappa shape index (κ2) is 5.80. The molecule has 0 bridgehead atoms. The summed E-state index contributed by atoms with van der Waals surface area (Å²) in [7, 11) is 1.43. The van der Waals surface area contributed by atoms with Crippen LogP contribution in [0.1, 0.15) is 5.56 Å². The molecule has 23 heavy (non-hydrogen) atoms. The van der Waals surface area contributed by atoms with Crippen LogP contribution in [0.2, 0.25) is 0 Å². The van der Waals surface area contributed by atoms with E-state index in [0.29, 0.717) is 16.6 Å². The Kier molecular flexibility index (Phi) is 3.68. The predicted molar refractivity (Wildman–Crippen MR) is 86.3 cm³/mol. The maximum Gasteiger partial charge on any atom is 0.270 e. The zero-order valence-electron chi connectivity index (χ0n) is 12.2. The summed E-state index contributed by atoms with van der Waals surface area (Å²) in [5, 5.41) is 21.6. The van der Waals surface area contributed by atoms with Gasteiger partial charge in [0.15, 0.2) is 0 Å².